The Morgan fingerprint density at radius 1 is 0.404 bits per heavy atom. The van der Waals surface area contributed by atoms with Gasteiger partial charge in [0.25, 0.3) is 0 Å². The van der Waals surface area contributed by atoms with Crippen molar-refractivity contribution in [3.8, 4) is 33.4 Å². The molecule has 0 N–H and O–H groups in total. The first-order valence-electron chi connectivity index (χ1n) is 23.2. The SMILES string of the molecule is [2H]c1c([2H])c([2H])c(-c2c([2H])c([2H])c(-c3c([2H])c([2H])c(N(c4ccc(-c5cccc6ccccc56)cc4)c4cccc5oc6c7ccccc7ccc6c45)c([2H])c3[2H])c([2H])c2[2H])c([2H])c1[2H]. The first-order valence-corrected chi connectivity index (χ1v) is 16.7. The molecule has 9 aromatic carbocycles. The largest absolute Gasteiger partial charge is 0.455 e. The van der Waals surface area contributed by atoms with E-state index in [0.717, 1.165) is 38.1 Å². The van der Waals surface area contributed by atoms with E-state index < -0.39 is 101 Å². The van der Waals surface area contributed by atoms with Crippen LogP contribution >= 0.6 is 0 Å². The summed E-state index contributed by atoms with van der Waals surface area (Å²) >= 11 is 0. The van der Waals surface area contributed by atoms with Gasteiger partial charge in [-0.15, -0.1) is 0 Å². The van der Waals surface area contributed by atoms with Crippen LogP contribution in [0.15, 0.2) is 204 Å². The molecule has 0 bridgehead atoms. The quantitative estimate of drug-likeness (QED) is 0.174. The number of anilines is 3. The molecule has 0 aliphatic carbocycles. The molecule has 1 aromatic heterocycles. The zero-order valence-electron chi connectivity index (χ0n) is 40.4. The molecule has 0 saturated heterocycles. The topological polar surface area (TPSA) is 16.4 Å². The molecule has 0 spiro atoms. The lowest BCUT2D eigenvalue weighted by Gasteiger charge is -2.26. The fourth-order valence-electron chi connectivity index (χ4n) is 6.86. The van der Waals surface area contributed by atoms with Gasteiger partial charge in [-0.2, -0.15) is 0 Å². The first-order chi connectivity index (χ1) is 31.2. The first kappa shape index (κ1) is 19.5. The molecule has 10 rings (SSSR count). The Hall–Kier alpha value is -6.90. The molecule has 2 nitrogen and oxygen atoms in total. The molecule has 0 fully saturated rings. The van der Waals surface area contributed by atoms with E-state index in [9.17, 15) is 5.48 Å². The summed E-state index contributed by atoms with van der Waals surface area (Å²) in [4.78, 5) is 1.64. The van der Waals surface area contributed by atoms with Crippen molar-refractivity contribution in [2.75, 3.05) is 4.90 Å². The van der Waals surface area contributed by atoms with Gasteiger partial charge in [0.2, 0.25) is 0 Å². The predicted molar refractivity (Wildman–Crippen MR) is 220 cm³/mol. The van der Waals surface area contributed by atoms with Gasteiger partial charge in [-0.05, 0) is 92.0 Å². The molecule has 52 heavy (non-hydrogen) atoms. The summed E-state index contributed by atoms with van der Waals surface area (Å²) in [5.41, 5.74) is 1.70. The molecule has 0 aliphatic heterocycles. The third-order valence-corrected chi connectivity index (χ3v) is 9.29. The average Bonchev–Trinajstić information content (AvgIpc) is 3.72. The summed E-state index contributed by atoms with van der Waals surface area (Å²) in [6.45, 7) is 0. The van der Waals surface area contributed by atoms with Crippen molar-refractivity contribution in [2.24, 2.45) is 0 Å². The predicted octanol–water partition coefficient (Wildman–Crippen LogP) is 14.4. The number of hydrogen-bond donors (Lipinski definition) is 0. The van der Waals surface area contributed by atoms with Crippen LogP contribution in [0, 0.1) is 0 Å². The van der Waals surface area contributed by atoms with E-state index in [-0.39, 0.29) is 5.69 Å². The van der Waals surface area contributed by atoms with Crippen LogP contribution in [-0.4, -0.2) is 0 Å². The maximum atomic E-state index is 9.63. The molecular formula is C50H33NO. The summed E-state index contributed by atoms with van der Waals surface area (Å²) in [6.07, 6.45) is 0. The molecule has 10 aromatic rings. The van der Waals surface area contributed by atoms with Gasteiger partial charge in [0, 0.05) is 22.1 Å². The van der Waals surface area contributed by atoms with Crippen molar-refractivity contribution in [1.29, 1.82) is 0 Å². The highest BCUT2D eigenvalue weighted by Crippen LogP contribution is 2.45. The second-order valence-corrected chi connectivity index (χ2v) is 12.3. The van der Waals surface area contributed by atoms with Crippen LogP contribution in [0.3, 0.4) is 0 Å². The van der Waals surface area contributed by atoms with Crippen molar-refractivity contribution < 1.29 is 22.2 Å². The van der Waals surface area contributed by atoms with Crippen LogP contribution in [0.1, 0.15) is 17.8 Å². The van der Waals surface area contributed by atoms with Gasteiger partial charge in [0.15, 0.2) is 0 Å². The van der Waals surface area contributed by atoms with Crippen LogP contribution in [0.25, 0.3) is 76.9 Å². The van der Waals surface area contributed by atoms with E-state index in [1.165, 1.54) is 0 Å². The molecular weight excluding hydrogens is 631 g/mol. The van der Waals surface area contributed by atoms with Gasteiger partial charge in [-0.1, -0.05) is 157 Å². The number of nitrogens with zero attached hydrogens (tertiary/aromatic N) is 1. The highest BCUT2D eigenvalue weighted by molar-refractivity contribution is 6.19. The minimum Gasteiger partial charge on any atom is -0.455 e. The lowest BCUT2D eigenvalue weighted by molar-refractivity contribution is 0.672. The molecule has 0 amide bonds. The Kier molecular flexibility index (Phi) is 4.67. The number of rotatable bonds is 6. The Morgan fingerprint density at radius 3 is 1.73 bits per heavy atom. The van der Waals surface area contributed by atoms with Gasteiger partial charge < -0.3 is 9.32 Å². The molecule has 0 saturated carbocycles. The normalized spacial score (nSPS) is 15.0. The van der Waals surface area contributed by atoms with Crippen LogP contribution in [0.2, 0.25) is 0 Å². The van der Waals surface area contributed by atoms with Gasteiger partial charge in [-0.3, -0.25) is 0 Å². The summed E-state index contributed by atoms with van der Waals surface area (Å²) in [5, 5.41) is 5.36. The molecule has 244 valence electrons. The molecule has 0 atom stereocenters. The smallest absolute Gasteiger partial charge is 0.143 e. The van der Waals surface area contributed by atoms with E-state index in [2.05, 4.69) is 0 Å². The van der Waals surface area contributed by atoms with Gasteiger partial charge >= 0.3 is 0 Å². The Labute approximate surface area is 320 Å². The van der Waals surface area contributed by atoms with Gasteiger partial charge in [0.05, 0.1) is 28.9 Å². The zero-order valence-corrected chi connectivity index (χ0v) is 27.4. The fraction of sp³-hybridized carbons (Fsp3) is 0. The highest BCUT2D eigenvalue weighted by Gasteiger charge is 2.20. The van der Waals surface area contributed by atoms with Gasteiger partial charge in [-0.25, -0.2) is 0 Å². The van der Waals surface area contributed by atoms with Crippen molar-refractivity contribution in [1.82, 2.24) is 0 Å². The molecule has 0 aliphatic rings. The minimum atomic E-state index is -0.778. The second kappa shape index (κ2) is 12.5. The van der Waals surface area contributed by atoms with E-state index in [1.54, 1.807) is 11.0 Å². The van der Waals surface area contributed by atoms with E-state index in [0.29, 0.717) is 27.9 Å². The van der Waals surface area contributed by atoms with E-state index in [1.807, 2.05) is 115 Å². The van der Waals surface area contributed by atoms with Gasteiger partial charge in [0.1, 0.15) is 11.2 Å². The Balaban J connectivity index is 1.22. The zero-order chi connectivity index (χ0) is 45.7. The van der Waals surface area contributed by atoms with E-state index in [4.69, 9.17) is 16.8 Å². The molecule has 2 heteroatoms. The molecule has 0 unspecified atom stereocenters. The van der Waals surface area contributed by atoms with Crippen molar-refractivity contribution >= 4 is 60.5 Å². The monoisotopic (exact) mass is 676 g/mol. The summed E-state index contributed by atoms with van der Waals surface area (Å²) in [5.74, 6) is 0. The molecule has 0 radical (unpaired) electrons. The lowest BCUT2D eigenvalue weighted by atomic mass is 9.97. The maximum Gasteiger partial charge on any atom is 0.143 e. The van der Waals surface area contributed by atoms with Crippen LogP contribution < -0.4 is 4.90 Å². The number of fused-ring (bicyclic) bond motifs is 6. The third kappa shape index (κ3) is 5.12. The fourth-order valence-corrected chi connectivity index (χ4v) is 6.86. The average molecular weight is 677 g/mol. The van der Waals surface area contributed by atoms with E-state index >= 15 is 0 Å². The summed E-state index contributed by atoms with van der Waals surface area (Å²) in [6, 6.07) is 29.7. The minimum absolute atomic E-state index is 0.157. The summed E-state index contributed by atoms with van der Waals surface area (Å²) in [7, 11) is 0. The lowest BCUT2D eigenvalue weighted by Crippen LogP contribution is -2.10. The number of furan rings is 1. The van der Waals surface area contributed by atoms with Crippen LogP contribution in [-0.2, 0) is 0 Å². The Bertz CT molecular complexity index is 3570. The third-order valence-electron chi connectivity index (χ3n) is 9.29. The maximum absolute atomic E-state index is 9.63. The standard InChI is InChI=1S/C50H33NO/c1-2-10-34(11-3-1)35-20-22-36(23-21-35)37-24-29-41(30-25-37)51(42-31-26-40(27-32-42)44-17-8-14-38-12-4-6-15-43(38)44)47-18-9-19-48-49(47)46-33-28-39-13-5-7-16-45(39)50(46)52-48/h1-33H/i1D,2D,3D,10D,11D,20D,21D,22D,23D,24D,25D,29D,30D. The van der Waals surface area contributed by atoms with Crippen molar-refractivity contribution in [2.45, 2.75) is 0 Å². The van der Waals surface area contributed by atoms with Crippen molar-refractivity contribution in [3.05, 3.63) is 200 Å². The Morgan fingerprint density at radius 2 is 1.00 bits per heavy atom. The highest BCUT2D eigenvalue weighted by atomic mass is 16.3. The number of hydrogen-bond acceptors (Lipinski definition) is 2. The summed E-state index contributed by atoms with van der Waals surface area (Å²) < 4.78 is 122. The van der Waals surface area contributed by atoms with Crippen molar-refractivity contribution in [3.63, 3.8) is 0 Å². The number of benzene rings is 9. The van der Waals surface area contributed by atoms with Crippen LogP contribution in [0.5, 0.6) is 0 Å². The molecule has 1 heterocycles. The second-order valence-electron chi connectivity index (χ2n) is 12.3. The van der Waals surface area contributed by atoms with Crippen LogP contribution in [0.4, 0.5) is 17.1 Å².